The molecule has 1 saturated carbocycles. The smallest absolute Gasteiger partial charge is 0.232 e. The first kappa shape index (κ1) is 37.9. The van der Waals surface area contributed by atoms with Crippen LogP contribution < -0.4 is 10.2 Å². The number of hydrogen-bond acceptors (Lipinski definition) is 3. The van der Waals surface area contributed by atoms with Gasteiger partial charge in [0.2, 0.25) is 5.91 Å². The third-order valence-electron chi connectivity index (χ3n) is 7.17. The molecule has 6 heteroatoms. The highest BCUT2D eigenvalue weighted by Gasteiger charge is 2.42. The number of nitrogens with zero attached hydrogens (tertiary/aromatic N) is 2. The molecule has 0 spiro atoms. The molecule has 1 amide bonds. The van der Waals surface area contributed by atoms with Gasteiger partial charge in [-0.2, -0.15) is 0 Å². The first-order valence-electron chi connectivity index (χ1n) is 14.9. The van der Waals surface area contributed by atoms with Crippen LogP contribution in [0.5, 0.6) is 0 Å². The molecule has 5 nitrogen and oxygen atoms in total. The van der Waals surface area contributed by atoms with Crippen LogP contribution in [-0.4, -0.2) is 56.1 Å². The number of nitrogens with one attached hydrogen (secondary N) is 1. The van der Waals surface area contributed by atoms with Crippen LogP contribution in [0.25, 0.3) is 0 Å². The van der Waals surface area contributed by atoms with Gasteiger partial charge in [0.1, 0.15) is 18.2 Å². The Kier molecular flexibility index (Phi) is 22.8. The Bertz CT molecular complexity index is 917. The van der Waals surface area contributed by atoms with E-state index in [0.29, 0.717) is 11.8 Å². The van der Waals surface area contributed by atoms with Gasteiger partial charge in [-0.3, -0.25) is 4.79 Å². The minimum absolute atomic E-state index is 0.142. The number of nitrogens with two attached hydrogens (primary N) is 1. The van der Waals surface area contributed by atoms with Gasteiger partial charge < -0.3 is 15.1 Å². The summed E-state index contributed by atoms with van der Waals surface area (Å²) in [4.78, 5) is 22.6. The number of carbonyl (C=O) groups excluding carboxylic acids is 1. The van der Waals surface area contributed by atoms with Crippen molar-refractivity contribution in [1.29, 1.82) is 0 Å². The Balaban J connectivity index is 0.000000723. The highest BCUT2D eigenvalue weighted by Crippen LogP contribution is 2.34. The Morgan fingerprint density at radius 1 is 0.829 bits per heavy atom. The first-order valence-corrected chi connectivity index (χ1v) is 15.7. The summed E-state index contributed by atoms with van der Waals surface area (Å²) >= 11 is 1.81. The zero-order valence-corrected chi connectivity index (χ0v) is 26.6. The molecule has 224 valence electrons. The van der Waals surface area contributed by atoms with E-state index in [1.54, 1.807) is 11.3 Å². The number of aromatic nitrogens is 1. The lowest BCUT2D eigenvalue weighted by atomic mass is 9.91. The molecule has 3 N–H and O–H groups in total. The fourth-order valence-electron chi connectivity index (χ4n) is 5.38. The molecule has 0 radical (unpaired) electrons. The van der Waals surface area contributed by atoms with Crippen LogP contribution in [0, 0.1) is 51.4 Å². The average Bonchev–Trinajstić information content (AvgIpc) is 3.68. The Morgan fingerprint density at radius 2 is 1.27 bits per heavy atom. The van der Waals surface area contributed by atoms with E-state index >= 15 is 0 Å². The number of thiazole rings is 1. The summed E-state index contributed by atoms with van der Waals surface area (Å²) < 4.78 is 0. The minimum atomic E-state index is 0.142. The van der Waals surface area contributed by atoms with Gasteiger partial charge in [-0.1, -0.05) is 74.9 Å². The van der Waals surface area contributed by atoms with E-state index in [4.69, 9.17) is 4.98 Å². The number of aryl methyl sites for hydroxylation is 1. The van der Waals surface area contributed by atoms with Crippen molar-refractivity contribution in [2.75, 3.05) is 40.3 Å². The molecule has 1 unspecified atom stereocenters. The van der Waals surface area contributed by atoms with Gasteiger partial charge in [0.25, 0.3) is 0 Å². The second-order valence-electron chi connectivity index (χ2n) is 10.6. The van der Waals surface area contributed by atoms with Crippen molar-refractivity contribution in [3.8, 4) is 38.5 Å². The Labute approximate surface area is 255 Å². The maximum atomic E-state index is 13.0. The topological polar surface area (TPSA) is 54.2 Å². The molecular weight excluding hydrogens is 524 g/mol. The van der Waals surface area contributed by atoms with Crippen molar-refractivity contribution in [1.82, 2.24) is 9.88 Å². The molecule has 1 aromatic carbocycles. The maximum Gasteiger partial charge on any atom is 0.232 e. The van der Waals surface area contributed by atoms with E-state index in [1.807, 2.05) is 36.4 Å². The van der Waals surface area contributed by atoms with Crippen LogP contribution >= 0.6 is 11.3 Å². The minimum Gasteiger partial charge on any atom is -0.345 e. The zero-order valence-electron chi connectivity index (χ0n) is 25.8. The highest BCUT2D eigenvalue weighted by atomic mass is 32.1. The van der Waals surface area contributed by atoms with Crippen molar-refractivity contribution in [3.63, 3.8) is 0 Å². The lowest BCUT2D eigenvalue weighted by Crippen LogP contribution is -3.04. The molecule has 3 heterocycles. The molecule has 1 aliphatic carbocycles. The van der Waals surface area contributed by atoms with Gasteiger partial charge in [-0.25, -0.2) is 4.98 Å². The monoisotopic (exact) mass is 578 g/mol. The Hall–Kier alpha value is -3.08. The van der Waals surface area contributed by atoms with Gasteiger partial charge >= 0.3 is 0 Å². The third kappa shape index (κ3) is 14.9. The van der Waals surface area contributed by atoms with E-state index in [0.717, 1.165) is 37.7 Å². The average molecular weight is 579 g/mol. The van der Waals surface area contributed by atoms with Crippen LogP contribution in [0.2, 0.25) is 0 Å². The Morgan fingerprint density at radius 3 is 1.71 bits per heavy atom. The van der Waals surface area contributed by atoms with Gasteiger partial charge in [0.15, 0.2) is 0 Å². The van der Waals surface area contributed by atoms with Crippen LogP contribution in [0.4, 0.5) is 0 Å². The lowest BCUT2D eigenvalue weighted by Gasteiger charge is -2.29. The van der Waals surface area contributed by atoms with Crippen molar-refractivity contribution < 1.29 is 15.0 Å². The molecular formula is C35H54N4OS+2. The number of benzene rings is 1. The molecule has 2 aliphatic heterocycles. The normalized spacial score (nSPS) is 19.0. The summed E-state index contributed by atoms with van der Waals surface area (Å²) in [7, 11) is 4.32. The zero-order chi connectivity index (χ0) is 30.9. The number of rotatable bonds is 4. The molecule has 1 aromatic heterocycles. The number of likely N-dealkylation sites (tertiary alicyclic amines) is 1. The molecule has 2 aromatic rings. The summed E-state index contributed by atoms with van der Waals surface area (Å²) in [5.74, 6) is 0.881. The van der Waals surface area contributed by atoms with Crippen molar-refractivity contribution in [3.05, 3.63) is 52.0 Å². The van der Waals surface area contributed by atoms with Crippen molar-refractivity contribution in [2.45, 2.75) is 77.2 Å². The molecule has 2 atom stereocenters. The quantitative estimate of drug-likeness (QED) is 0.536. The van der Waals surface area contributed by atoms with E-state index < -0.39 is 0 Å². The second-order valence-corrected chi connectivity index (χ2v) is 11.8. The lowest BCUT2D eigenvalue weighted by molar-refractivity contribution is -0.873. The molecule has 3 aliphatic rings. The first-order chi connectivity index (χ1) is 20.1. The van der Waals surface area contributed by atoms with Crippen molar-refractivity contribution in [2.24, 2.45) is 5.92 Å². The van der Waals surface area contributed by atoms with E-state index in [9.17, 15) is 4.79 Å². The highest BCUT2D eigenvalue weighted by molar-refractivity contribution is 7.11. The second kappa shape index (κ2) is 24.7. The molecule has 2 saturated heterocycles. The fourth-order valence-corrected chi connectivity index (χ4v) is 6.50. The number of amides is 1. The number of piperidine rings is 1. The molecule has 5 rings (SSSR count). The third-order valence-corrected chi connectivity index (χ3v) is 8.32. The molecule has 0 bridgehead atoms. The van der Waals surface area contributed by atoms with Gasteiger partial charge in [-0.15, -0.1) is 49.9 Å². The summed E-state index contributed by atoms with van der Waals surface area (Å²) in [5, 5.41) is 3.45. The fraction of sp³-hybridized carbons (Fsp3) is 0.543. The number of quaternary nitrogens is 2. The largest absolute Gasteiger partial charge is 0.345 e. The number of hydrogen-bond donors (Lipinski definition) is 2. The van der Waals surface area contributed by atoms with Crippen LogP contribution in [-0.2, 0) is 11.3 Å². The molecule has 41 heavy (non-hydrogen) atoms. The standard InChI is InChI=1S/C17H28N4OS.C6H12.C6H6.3C2H2/c1-12-19-15(11-20(2)3)16(23-12)13-9-18-10-14(13)17(22)21-7-5-4-6-8-21;2*1-2-4-6-5-3-1;3*1-2/h13-14,18H,4-11H2,1-3H3;1-6H2;1-6H;3*1-2H/p+2/t13-,14?;;;;;/m1...../s1. The SMILES string of the molecule is C#C.C#C.C#C.C1CCCCC1.Cc1nc(C[NH+](C)C)c([C@@H]2C[NH2+]CC2C(=O)N2CCCCC2)s1.c1ccccc1. The van der Waals surface area contributed by atoms with Crippen LogP contribution in [0.15, 0.2) is 36.4 Å². The van der Waals surface area contributed by atoms with Crippen LogP contribution in [0.3, 0.4) is 0 Å². The van der Waals surface area contributed by atoms with Crippen LogP contribution in [0.1, 0.15) is 79.3 Å². The maximum absolute atomic E-state index is 13.0. The summed E-state index contributed by atoms with van der Waals surface area (Å²) in [6.07, 6.45) is 36.6. The number of carbonyl (C=O) groups is 1. The van der Waals surface area contributed by atoms with Crippen molar-refractivity contribution >= 4 is 17.2 Å². The van der Waals surface area contributed by atoms with Gasteiger partial charge in [0, 0.05) is 18.0 Å². The summed E-state index contributed by atoms with van der Waals surface area (Å²) in [5.41, 5.74) is 1.21. The molecule has 3 fully saturated rings. The summed E-state index contributed by atoms with van der Waals surface area (Å²) in [6.45, 7) is 6.91. The van der Waals surface area contributed by atoms with Gasteiger partial charge in [0.05, 0.1) is 38.1 Å². The summed E-state index contributed by atoms with van der Waals surface area (Å²) in [6, 6.07) is 12.0. The van der Waals surface area contributed by atoms with E-state index in [1.165, 1.54) is 73.3 Å². The van der Waals surface area contributed by atoms with E-state index in [2.05, 4.69) is 69.8 Å². The number of terminal acetylenes is 3. The van der Waals surface area contributed by atoms with E-state index in [-0.39, 0.29) is 5.92 Å². The van der Waals surface area contributed by atoms with Gasteiger partial charge in [-0.05, 0) is 26.2 Å². The predicted molar refractivity (Wildman–Crippen MR) is 176 cm³/mol. The predicted octanol–water partition coefficient (Wildman–Crippen LogP) is 4.16.